The third-order valence-electron chi connectivity index (χ3n) is 2.70. The number of amides is 3. The minimum atomic E-state index is -0.796. The molecular weight excluding hydrogens is 239 g/mol. The fourth-order valence-electron chi connectivity index (χ4n) is 1.91. The Morgan fingerprint density at radius 1 is 1.39 bits per heavy atom. The Kier molecular flexibility index (Phi) is 3.18. The van der Waals surface area contributed by atoms with Gasteiger partial charge >= 0.3 is 6.03 Å². The number of halogens is 1. The van der Waals surface area contributed by atoms with Crippen LogP contribution in [0.25, 0.3) is 0 Å². The van der Waals surface area contributed by atoms with E-state index >= 15 is 0 Å². The molecule has 0 saturated carbocycles. The number of benzene rings is 1. The van der Waals surface area contributed by atoms with Gasteiger partial charge in [-0.2, -0.15) is 0 Å². The second-order valence-corrected chi connectivity index (χ2v) is 4.07. The van der Waals surface area contributed by atoms with E-state index in [1.54, 1.807) is 0 Å². The Bertz CT molecular complexity index is 504. The summed E-state index contributed by atoms with van der Waals surface area (Å²) >= 11 is 0. The van der Waals surface area contributed by atoms with Gasteiger partial charge in [-0.3, -0.25) is 4.79 Å². The van der Waals surface area contributed by atoms with Gasteiger partial charge in [-0.05, 0) is 18.6 Å². The monoisotopic (exact) mass is 252 g/mol. The van der Waals surface area contributed by atoms with Crippen LogP contribution in [-0.4, -0.2) is 35.0 Å². The summed E-state index contributed by atoms with van der Waals surface area (Å²) in [4.78, 5) is 25.9. The average Bonchev–Trinajstić information content (AvgIpc) is 2.56. The molecule has 1 aromatic rings. The number of anilines is 1. The fraction of sp³-hybridized carbons (Fsp3) is 0.333. The summed E-state index contributed by atoms with van der Waals surface area (Å²) in [6, 6.07) is 2.81. The predicted octanol–water partition coefficient (Wildman–Crippen LogP) is 1.71. The zero-order valence-electron chi connectivity index (χ0n) is 9.89. The molecule has 1 fully saturated rings. The van der Waals surface area contributed by atoms with Gasteiger partial charge < -0.3 is 10.0 Å². The molecule has 0 bridgehead atoms. The van der Waals surface area contributed by atoms with Gasteiger partial charge in [0.2, 0.25) is 0 Å². The normalized spacial score (nSPS) is 15.7. The lowest BCUT2D eigenvalue weighted by atomic mass is 10.2. The van der Waals surface area contributed by atoms with Crippen LogP contribution in [0.15, 0.2) is 18.2 Å². The molecule has 1 N–H and O–H groups in total. The number of carbonyl (C=O) groups excluding carboxylic acids is 2. The predicted molar refractivity (Wildman–Crippen MR) is 62.8 cm³/mol. The van der Waals surface area contributed by atoms with E-state index < -0.39 is 17.8 Å². The van der Waals surface area contributed by atoms with Crippen LogP contribution in [0.3, 0.4) is 0 Å². The molecule has 0 radical (unpaired) electrons. The van der Waals surface area contributed by atoms with E-state index in [0.717, 1.165) is 17.4 Å². The van der Waals surface area contributed by atoms with Gasteiger partial charge in [0.05, 0.1) is 5.69 Å². The van der Waals surface area contributed by atoms with Crippen LogP contribution in [0.5, 0.6) is 5.75 Å². The van der Waals surface area contributed by atoms with Gasteiger partial charge in [0.15, 0.2) is 5.82 Å². The van der Waals surface area contributed by atoms with Gasteiger partial charge in [0.25, 0.3) is 5.91 Å². The van der Waals surface area contributed by atoms with E-state index in [4.69, 9.17) is 5.11 Å². The molecule has 2 rings (SSSR count). The van der Waals surface area contributed by atoms with Crippen molar-refractivity contribution in [2.24, 2.45) is 0 Å². The number of imide groups is 1. The summed E-state index contributed by atoms with van der Waals surface area (Å²) in [5.74, 6) is -1.51. The first-order chi connectivity index (χ1) is 8.54. The van der Waals surface area contributed by atoms with Crippen LogP contribution in [0.1, 0.15) is 13.3 Å². The summed E-state index contributed by atoms with van der Waals surface area (Å²) in [6.07, 6.45) is 0.727. The summed E-state index contributed by atoms with van der Waals surface area (Å²) in [5, 5.41) is 9.11. The van der Waals surface area contributed by atoms with Crippen LogP contribution in [-0.2, 0) is 4.79 Å². The molecule has 96 valence electrons. The third kappa shape index (κ3) is 2.01. The van der Waals surface area contributed by atoms with Crippen molar-refractivity contribution >= 4 is 17.6 Å². The van der Waals surface area contributed by atoms with Crippen LogP contribution in [0, 0.1) is 5.82 Å². The highest BCUT2D eigenvalue weighted by atomic mass is 19.1. The van der Waals surface area contributed by atoms with Gasteiger partial charge in [-0.15, -0.1) is 0 Å². The Morgan fingerprint density at radius 3 is 2.72 bits per heavy atom. The lowest BCUT2D eigenvalue weighted by molar-refractivity contribution is -0.116. The van der Waals surface area contributed by atoms with E-state index in [-0.39, 0.29) is 18.0 Å². The molecule has 0 aliphatic carbocycles. The van der Waals surface area contributed by atoms with Crippen molar-refractivity contribution in [3.8, 4) is 5.75 Å². The number of carbonyl (C=O) groups is 2. The molecule has 3 amide bonds. The molecule has 1 heterocycles. The number of rotatable bonds is 3. The molecule has 0 atom stereocenters. The van der Waals surface area contributed by atoms with E-state index in [2.05, 4.69) is 0 Å². The highest BCUT2D eigenvalue weighted by Crippen LogP contribution is 2.27. The lowest BCUT2D eigenvalue weighted by Crippen LogP contribution is -2.33. The molecular formula is C12H13FN2O3. The number of hydrogen-bond donors (Lipinski definition) is 1. The summed E-state index contributed by atoms with van der Waals surface area (Å²) in [6.45, 7) is 2.31. The van der Waals surface area contributed by atoms with Crippen molar-refractivity contribution in [2.45, 2.75) is 13.3 Å². The largest absolute Gasteiger partial charge is 0.508 e. The van der Waals surface area contributed by atoms with Gasteiger partial charge in [-0.25, -0.2) is 14.1 Å². The zero-order valence-corrected chi connectivity index (χ0v) is 9.89. The van der Waals surface area contributed by atoms with Crippen LogP contribution in [0.4, 0.5) is 14.9 Å². The van der Waals surface area contributed by atoms with Crippen LogP contribution in [0.2, 0.25) is 0 Å². The topological polar surface area (TPSA) is 60.9 Å². The first kappa shape index (κ1) is 12.3. The maximum Gasteiger partial charge on any atom is 0.331 e. The highest BCUT2D eigenvalue weighted by Gasteiger charge is 2.37. The quantitative estimate of drug-likeness (QED) is 0.833. The molecule has 1 saturated heterocycles. The Labute approximate surface area is 103 Å². The van der Waals surface area contributed by atoms with Gasteiger partial charge in [-0.1, -0.05) is 6.92 Å². The summed E-state index contributed by atoms with van der Waals surface area (Å²) in [7, 11) is 0. The maximum atomic E-state index is 13.6. The second kappa shape index (κ2) is 4.64. The number of aromatic hydroxyl groups is 1. The van der Waals surface area contributed by atoms with E-state index in [1.165, 1.54) is 17.0 Å². The minimum Gasteiger partial charge on any atom is -0.508 e. The molecule has 0 spiro atoms. The molecule has 6 heteroatoms. The van der Waals surface area contributed by atoms with E-state index in [9.17, 15) is 14.0 Å². The van der Waals surface area contributed by atoms with Crippen LogP contribution >= 0.6 is 0 Å². The van der Waals surface area contributed by atoms with Crippen molar-refractivity contribution < 1.29 is 19.1 Å². The zero-order chi connectivity index (χ0) is 13.3. The van der Waals surface area contributed by atoms with Gasteiger partial charge in [0, 0.05) is 12.6 Å². The van der Waals surface area contributed by atoms with Crippen molar-refractivity contribution in [3.05, 3.63) is 24.0 Å². The maximum absolute atomic E-state index is 13.6. The molecule has 0 aromatic heterocycles. The highest BCUT2D eigenvalue weighted by molar-refractivity contribution is 6.19. The van der Waals surface area contributed by atoms with Crippen molar-refractivity contribution in [1.82, 2.24) is 4.90 Å². The Hall–Kier alpha value is -2.11. The van der Waals surface area contributed by atoms with Crippen molar-refractivity contribution in [1.29, 1.82) is 0 Å². The molecule has 1 aliphatic heterocycles. The Morgan fingerprint density at radius 2 is 2.11 bits per heavy atom. The SMILES string of the molecule is CCCN1CC(=O)N(c2ccc(O)cc2F)C1=O. The Balaban J connectivity index is 2.33. The number of urea groups is 1. The molecule has 1 aliphatic rings. The second-order valence-electron chi connectivity index (χ2n) is 4.07. The summed E-state index contributed by atoms with van der Waals surface area (Å²) in [5.41, 5.74) is -0.124. The fourth-order valence-corrected chi connectivity index (χ4v) is 1.91. The smallest absolute Gasteiger partial charge is 0.331 e. The third-order valence-corrected chi connectivity index (χ3v) is 2.70. The van der Waals surface area contributed by atoms with Crippen LogP contribution < -0.4 is 4.90 Å². The number of nitrogens with zero attached hydrogens (tertiary/aromatic N) is 2. The lowest BCUT2D eigenvalue weighted by Gasteiger charge is -2.16. The van der Waals surface area contributed by atoms with Crippen molar-refractivity contribution in [2.75, 3.05) is 18.0 Å². The first-order valence-electron chi connectivity index (χ1n) is 5.65. The minimum absolute atomic E-state index is 0.0347. The average molecular weight is 252 g/mol. The number of phenols is 1. The van der Waals surface area contributed by atoms with Crippen molar-refractivity contribution in [3.63, 3.8) is 0 Å². The first-order valence-corrected chi connectivity index (χ1v) is 5.65. The summed E-state index contributed by atoms with van der Waals surface area (Å²) < 4.78 is 13.6. The van der Waals surface area contributed by atoms with E-state index in [0.29, 0.717) is 6.54 Å². The number of phenolic OH excluding ortho intramolecular Hbond substituents is 1. The standard InChI is InChI=1S/C12H13FN2O3/c1-2-5-14-7-11(17)15(12(14)18)10-4-3-8(16)6-9(10)13/h3-4,6,16H,2,5,7H2,1H3. The van der Waals surface area contributed by atoms with Gasteiger partial charge in [0.1, 0.15) is 12.3 Å². The van der Waals surface area contributed by atoms with E-state index in [1.807, 2.05) is 6.92 Å². The molecule has 0 unspecified atom stereocenters. The molecule has 18 heavy (non-hydrogen) atoms. The number of hydrogen-bond acceptors (Lipinski definition) is 3. The molecule has 1 aromatic carbocycles. The molecule has 5 nitrogen and oxygen atoms in total.